The molecule has 0 amide bonds. The summed E-state index contributed by atoms with van der Waals surface area (Å²) in [5.41, 5.74) is 0. The van der Waals surface area contributed by atoms with Crippen molar-refractivity contribution in [3.8, 4) is 9.88 Å². The van der Waals surface area contributed by atoms with Crippen LogP contribution in [-0.2, 0) is 6.42 Å². The molecule has 2 rings (SSSR count). The van der Waals surface area contributed by atoms with Crippen molar-refractivity contribution in [3.63, 3.8) is 0 Å². The summed E-state index contributed by atoms with van der Waals surface area (Å²) >= 11 is 3.32. The largest absolute Gasteiger partial charge is 0.317 e. The van der Waals surface area contributed by atoms with Gasteiger partial charge in [0, 0.05) is 19.2 Å². The number of aryl methyl sites for hydroxylation is 1. The molecular weight excluding hydrogens is 240 g/mol. The molecule has 1 N–H and O–H groups in total. The molecule has 0 saturated heterocycles. The van der Waals surface area contributed by atoms with Gasteiger partial charge in [-0.1, -0.05) is 18.3 Å². The van der Waals surface area contributed by atoms with Gasteiger partial charge in [-0.05, 0) is 13.5 Å². The maximum atomic E-state index is 4.22. The number of hydrogen-bond donors (Lipinski definition) is 1. The third-order valence-electron chi connectivity index (χ3n) is 2.06. The third-order valence-corrected chi connectivity index (χ3v) is 4.13. The number of hydrogen-bond acceptors (Lipinski definition) is 6. The molecule has 0 aliphatic carbocycles. The van der Waals surface area contributed by atoms with Gasteiger partial charge in [-0.2, -0.15) is 0 Å². The zero-order chi connectivity index (χ0) is 11.4. The SMILES string of the molecule is CCNCCc1nnc(-c2cnc(C)s2)s1. The van der Waals surface area contributed by atoms with Gasteiger partial charge in [-0.25, -0.2) is 4.98 Å². The minimum absolute atomic E-state index is 0.948. The van der Waals surface area contributed by atoms with E-state index in [0.717, 1.165) is 39.4 Å². The van der Waals surface area contributed by atoms with Gasteiger partial charge < -0.3 is 5.32 Å². The van der Waals surface area contributed by atoms with Gasteiger partial charge in [0.05, 0.1) is 9.88 Å². The molecule has 0 aliphatic heterocycles. The summed E-state index contributed by atoms with van der Waals surface area (Å²) in [6, 6.07) is 0. The fourth-order valence-corrected chi connectivity index (χ4v) is 2.94. The van der Waals surface area contributed by atoms with Crippen LogP contribution in [0.15, 0.2) is 6.20 Å². The molecule has 4 nitrogen and oxygen atoms in total. The molecule has 6 heteroatoms. The number of aromatic nitrogens is 3. The molecule has 0 unspecified atom stereocenters. The summed E-state index contributed by atoms with van der Waals surface area (Å²) in [5.74, 6) is 0. The van der Waals surface area contributed by atoms with Crippen LogP contribution in [0.25, 0.3) is 9.88 Å². The molecule has 2 aromatic rings. The van der Waals surface area contributed by atoms with Gasteiger partial charge in [-0.3, -0.25) is 0 Å². The number of nitrogens with one attached hydrogen (secondary N) is 1. The highest BCUT2D eigenvalue weighted by Gasteiger charge is 2.08. The Bertz CT molecular complexity index is 449. The zero-order valence-electron chi connectivity index (χ0n) is 9.36. The second-order valence-electron chi connectivity index (χ2n) is 3.35. The predicted molar refractivity (Wildman–Crippen MR) is 68.0 cm³/mol. The monoisotopic (exact) mass is 254 g/mol. The first kappa shape index (κ1) is 11.6. The third kappa shape index (κ3) is 2.84. The quantitative estimate of drug-likeness (QED) is 0.830. The van der Waals surface area contributed by atoms with Crippen LogP contribution < -0.4 is 5.32 Å². The fraction of sp³-hybridized carbons (Fsp3) is 0.500. The first-order chi connectivity index (χ1) is 7.79. The molecule has 86 valence electrons. The molecule has 0 fully saturated rings. The van der Waals surface area contributed by atoms with Crippen LogP contribution in [0.5, 0.6) is 0 Å². The Labute approximate surface area is 103 Å². The minimum Gasteiger partial charge on any atom is -0.317 e. The second kappa shape index (κ2) is 5.47. The summed E-state index contributed by atoms with van der Waals surface area (Å²) in [6.45, 7) is 6.07. The molecule has 16 heavy (non-hydrogen) atoms. The van der Waals surface area contributed by atoms with Crippen LogP contribution in [-0.4, -0.2) is 28.3 Å². The summed E-state index contributed by atoms with van der Waals surface area (Å²) < 4.78 is 0. The Balaban J connectivity index is 2.02. The van der Waals surface area contributed by atoms with Crippen LogP contribution in [0.1, 0.15) is 16.9 Å². The smallest absolute Gasteiger partial charge is 0.159 e. The van der Waals surface area contributed by atoms with Crippen LogP contribution in [0.4, 0.5) is 0 Å². The summed E-state index contributed by atoms with van der Waals surface area (Å²) in [6.07, 6.45) is 2.82. The van der Waals surface area contributed by atoms with E-state index >= 15 is 0 Å². The van der Waals surface area contributed by atoms with Crippen LogP contribution in [0.3, 0.4) is 0 Å². The number of likely N-dealkylation sites (N-methyl/N-ethyl adjacent to an activating group) is 1. The van der Waals surface area contributed by atoms with E-state index in [0.29, 0.717) is 0 Å². The molecule has 0 spiro atoms. The average molecular weight is 254 g/mol. The van der Waals surface area contributed by atoms with E-state index in [1.165, 1.54) is 0 Å². The molecular formula is C10H14N4S2. The highest BCUT2D eigenvalue weighted by Crippen LogP contribution is 2.28. The maximum absolute atomic E-state index is 4.22. The molecule has 2 heterocycles. The Hall–Kier alpha value is -0.850. The zero-order valence-corrected chi connectivity index (χ0v) is 11.0. The first-order valence-electron chi connectivity index (χ1n) is 5.25. The van der Waals surface area contributed by atoms with Crippen molar-refractivity contribution in [2.75, 3.05) is 13.1 Å². The van der Waals surface area contributed by atoms with Crippen molar-refractivity contribution in [1.82, 2.24) is 20.5 Å². The van der Waals surface area contributed by atoms with Gasteiger partial charge >= 0.3 is 0 Å². The Morgan fingerprint density at radius 2 is 2.19 bits per heavy atom. The first-order valence-corrected chi connectivity index (χ1v) is 6.88. The summed E-state index contributed by atoms with van der Waals surface area (Å²) in [4.78, 5) is 5.34. The minimum atomic E-state index is 0.948. The molecule has 0 aromatic carbocycles. The molecule has 0 saturated carbocycles. The van der Waals surface area contributed by atoms with Crippen molar-refractivity contribution < 1.29 is 0 Å². The lowest BCUT2D eigenvalue weighted by molar-refractivity contribution is 0.710. The van der Waals surface area contributed by atoms with Gasteiger partial charge in [-0.15, -0.1) is 21.5 Å². The van der Waals surface area contributed by atoms with E-state index in [2.05, 4.69) is 27.4 Å². The van der Waals surface area contributed by atoms with Crippen molar-refractivity contribution in [2.24, 2.45) is 0 Å². The van der Waals surface area contributed by atoms with E-state index in [1.807, 2.05) is 13.1 Å². The van der Waals surface area contributed by atoms with Crippen LogP contribution in [0, 0.1) is 6.92 Å². The number of thiazole rings is 1. The number of nitrogens with zero attached hydrogens (tertiary/aromatic N) is 3. The van der Waals surface area contributed by atoms with E-state index in [4.69, 9.17) is 0 Å². The fourth-order valence-electron chi connectivity index (χ4n) is 1.29. The van der Waals surface area contributed by atoms with Crippen molar-refractivity contribution in [2.45, 2.75) is 20.3 Å². The lowest BCUT2D eigenvalue weighted by Crippen LogP contribution is -2.15. The maximum Gasteiger partial charge on any atom is 0.159 e. The number of rotatable bonds is 5. The standard InChI is InChI=1S/C10H14N4S2/c1-3-11-5-4-9-13-14-10(16-9)8-6-12-7(2)15-8/h6,11H,3-5H2,1-2H3. The topological polar surface area (TPSA) is 50.7 Å². The molecule has 2 aromatic heterocycles. The van der Waals surface area contributed by atoms with E-state index < -0.39 is 0 Å². The van der Waals surface area contributed by atoms with Gasteiger partial charge in [0.1, 0.15) is 5.01 Å². The molecule has 0 bridgehead atoms. The summed E-state index contributed by atoms with van der Waals surface area (Å²) in [5, 5.41) is 14.8. The highest BCUT2D eigenvalue weighted by molar-refractivity contribution is 7.21. The highest BCUT2D eigenvalue weighted by atomic mass is 32.1. The van der Waals surface area contributed by atoms with E-state index in [-0.39, 0.29) is 0 Å². The Morgan fingerprint density at radius 3 is 2.88 bits per heavy atom. The summed E-state index contributed by atoms with van der Waals surface area (Å²) in [7, 11) is 0. The van der Waals surface area contributed by atoms with Crippen molar-refractivity contribution >= 4 is 22.7 Å². The lowest BCUT2D eigenvalue weighted by Gasteiger charge is -1.95. The molecule has 0 atom stereocenters. The lowest BCUT2D eigenvalue weighted by atomic mass is 10.4. The normalized spacial score (nSPS) is 10.9. The van der Waals surface area contributed by atoms with E-state index in [9.17, 15) is 0 Å². The van der Waals surface area contributed by atoms with Crippen LogP contribution in [0.2, 0.25) is 0 Å². The van der Waals surface area contributed by atoms with Gasteiger partial charge in [0.15, 0.2) is 5.01 Å². The molecule has 0 aliphatic rings. The second-order valence-corrected chi connectivity index (χ2v) is 5.64. The predicted octanol–water partition coefficient (Wildman–Crippen LogP) is 2.12. The van der Waals surface area contributed by atoms with Gasteiger partial charge in [0.2, 0.25) is 0 Å². The van der Waals surface area contributed by atoms with Crippen LogP contribution >= 0.6 is 22.7 Å². The van der Waals surface area contributed by atoms with Crippen molar-refractivity contribution in [1.29, 1.82) is 0 Å². The Kier molecular flexibility index (Phi) is 3.98. The van der Waals surface area contributed by atoms with E-state index in [1.54, 1.807) is 22.7 Å². The Morgan fingerprint density at radius 1 is 1.31 bits per heavy atom. The van der Waals surface area contributed by atoms with Crippen molar-refractivity contribution in [3.05, 3.63) is 16.2 Å². The average Bonchev–Trinajstić information content (AvgIpc) is 2.87. The molecule has 0 radical (unpaired) electrons. The van der Waals surface area contributed by atoms with Gasteiger partial charge in [0.25, 0.3) is 0 Å².